The average Bonchev–Trinajstić information content (AvgIpc) is 2.86. The summed E-state index contributed by atoms with van der Waals surface area (Å²) in [7, 11) is -1.44. The Morgan fingerprint density at radius 2 is 0.553 bits per heavy atom. The fourth-order valence-corrected chi connectivity index (χ4v) is 3.31. The van der Waals surface area contributed by atoms with Gasteiger partial charge in [0.25, 0.3) is 0 Å². The van der Waals surface area contributed by atoms with E-state index >= 15 is 0 Å². The summed E-state index contributed by atoms with van der Waals surface area (Å²) in [4.78, 5) is 0. The van der Waals surface area contributed by atoms with E-state index in [1.54, 1.807) is 0 Å². The lowest BCUT2D eigenvalue weighted by Crippen LogP contribution is -2.27. The lowest BCUT2D eigenvalue weighted by molar-refractivity contribution is -0.0281. The molecule has 38 heavy (non-hydrogen) atoms. The maximum atomic E-state index is 5.71. The van der Waals surface area contributed by atoms with Crippen LogP contribution in [0.3, 0.4) is 0 Å². The van der Waals surface area contributed by atoms with Gasteiger partial charge in [0.15, 0.2) is 8.32 Å². The zero-order valence-electron chi connectivity index (χ0n) is 24.7. The van der Waals surface area contributed by atoms with Crippen LogP contribution in [0.1, 0.15) is 13.8 Å². The molecule has 0 amide bonds. The van der Waals surface area contributed by atoms with Crippen molar-refractivity contribution in [1.82, 2.24) is 0 Å². The molecule has 0 aromatic heterocycles. The lowest BCUT2D eigenvalue weighted by Gasteiger charge is -2.16. The molecular formula is C26H56O11Si. The van der Waals surface area contributed by atoms with Crippen molar-refractivity contribution < 1.29 is 51.8 Å². The maximum absolute atomic E-state index is 5.71. The molecule has 0 bridgehead atoms. The molecule has 0 radical (unpaired) electrons. The van der Waals surface area contributed by atoms with E-state index < -0.39 is 8.32 Å². The van der Waals surface area contributed by atoms with E-state index in [2.05, 4.69) is 19.6 Å². The quantitative estimate of drug-likeness (QED) is 0.0877. The third kappa shape index (κ3) is 35.8. The van der Waals surface area contributed by atoms with E-state index in [0.717, 1.165) is 0 Å². The molecule has 0 aliphatic carbocycles. The van der Waals surface area contributed by atoms with Gasteiger partial charge in [0.05, 0.1) is 138 Å². The van der Waals surface area contributed by atoms with Gasteiger partial charge in [-0.25, -0.2) is 0 Å². The molecule has 11 nitrogen and oxygen atoms in total. The van der Waals surface area contributed by atoms with Crippen molar-refractivity contribution >= 4 is 8.32 Å². The summed E-state index contributed by atoms with van der Waals surface area (Å²) in [5.74, 6) is 0. The molecule has 230 valence electrons. The molecule has 0 rings (SSSR count). The first-order valence-corrected chi connectivity index (χ1v) is 17.3. The molecule has 0 aliphatic heterocycles. The largest absolute Gasteiger partial charge is 0.415 e. The third-order valence-electron chi connectivity index (χ3n) is 4.42. The highest BCUT2D eigenvalue weighted by atomic mass is 28.4. The Bertz CT molecular complexity index is 453. The monoisotopic (exact) mass is 572 g/mol. The van der Waals surface area contributed by atoms with Crippen molar-refractivity contribution in [2.45, 2.75) is 39.6 Å². The van der Waals surface area contributed by atoms with Gasteiger partial charge in [-0.05, 0) is 33.5 Å². The molecule has 0 saturated carbocycles. The first-order chi connectivity index (χ1) is 18.4. The topological polar surface area (TPSA) is 102 Å². The van der Waals surface area contributed by atoms with E-state index in [1.165, 1.54) is 0 Å². The van der Waals surface area contributed by atoms with Crippen LogP contribution in [0.2, 0.25) is 19.6 Å². The summed E-state index contributed by atoms with van der Waals surface area (Å²) in [5.41, 5.74) is 0. The first-order valence-electron chi connectivity index (χ1n) is 13.9. The molecule has 0 aromatic carbocycles. The second kappa shape index (κ2) is 29.8. The molecule has 0 fully saturated rings. The highest BCUT2D eigenvalue weighted by Crippen LogP contribution is 2.01. The minimum Gasteiger partial charge on any atom is -0.415 e. The number of rotatable bonds is 32. The van der Waals surface area contributed by atoms with Gasteiger partial charge in [-0.1, -0.05) is 0 Å². The Morgan fingerprint density at radius 3 is 0.763 bits per heavy atom. The van der Waals surface area contributed by atoms with Crippen LogP contribution in [0.25, 0.3) is 0 Å². The van der Waals surface area contributed by atoms with Crippen molar-refractivity contribution in [2.24, 2.45) is 0 Å². The predicted octanol–water partition coefficient (Wildman–Crippen LogP) is 2.41. The van der Waals surface area contributed by atoms with Gasteiger partial charge in [0.2, 0.25) is 0 Å². The van der Waals surface area contributed by atoms with E-state index in [9.17, 15) is 0 Å². The van der Waals surface area contributed by atoms with Crippen LogP contribution in [0, 0.1) is 0 Å². The molecule has 0 saturated heterocycles. The summed E-state index contributed by atoms with van der Waals surface area (Å²) in [6.45, 7) is 21.6. The van der Waals surface area contributed by atoms with Gasteiger partial charge in [-0.2, -0.15) is 0 Å². The fraction of sp³-hybridized carbons (Fsp3) is 1.00. The van der Waals surface area contributed by atoms with Crippen LogP contribution in [0.5, 0.6) is 0 Å². The van der Waals surface area contributed by atoms with Gasteiger partial charge >= 0.3 is 0 Å². The van der Waals surface area contributed by atoms with Crippen molar-refractivity contribution in [3.05, 3.63) is 0 Å². The van der Waals surface area contributed by atoms with Crippen molar-refractivity contribution in [1.29, 1.82) is 0 Å². The Labute approximate surface area is 232 Å². The Kier molecular flexibility index (Phi) is 29.6. The normalized spacial score (nSPS) is 12.2. The summed E-state index contributed by atoms with van der Waals surface area (Å²) >= 11 is 0. The zero-order valence-corrected chi connectivity index (χ0v) is 25.7. The SMILES string of the molecule is CC(C)OCCOCCOCCOCCOCCOCCOCCOCCOCCOCCO[Si](C)(C)C. The summed E-state index contributed by atoms with van der Waals surface area (Å²) < 4.78 is 60.2. The first kappa shape index (κ1) is 37.8. The Morgan fingerprint density at radius 1 is 0.342 bits per heavy atom. The van der Waals surface area contributed by atoms with Gasteiger partial charge < -0.3 is 51.8 Å². The van der Waals surface area contributed by atoms with E-state index in [-0.39, 0.29) is 6.10 Å². The van der Waals surface area contributed by atoms with Gasteiger partial charge in [0.1, 0.15) is 0 Å². The fourth-order valence-electron chi connectivity index (χ4n) is 2.61. The molecular weight excluding hydrogens is 516 g/mol. The van der Waals surface area contributed by atoms with Gasteiger partial charge in [-0.15, -0.1) is 0 Å². The minimum absolute atomic E-state index is 0.236. The molecule has 0 spiro atoms. The van der Waals surface area contributed by atoms with E-state index in [1.807, 2.05) is 13.8 Å². The maximum Gasteiger partial charge on any atom is 0.183 e. The highest BCUT2D eigenvalue weighted by Gasteiger charge is 2.13. The van der Waals surface area contributed by atoms with Crippen LogP contribution in [-0.4, -0.2) is 147 Å². The lowest BCUT2D eigenvalue weighted by atomic mass is 10.5. The van der Waals surface area contributed by atoms with Crippen molar-refractivity contribution in [3.63, 3.8) is 0 Å². The van der Waals surface area contributed by atoms with E-state index in [4.69, 9.17) is 51.8 Å². The summed E-state index contributed by atoms with van der Waals surface area (Å²) in [6.07, 6.45) is 0.236. The smallest absolute Gasteiger partial charge is 0.183 e. The molecule has 0 atom stereocenters. The van der Waals surface area contributed by atoms with Gasteiger partial charge in [0, 0.05) is 0 Å². The molecule has 0 unspecified atom stereocenters. The third-order valence-corrected chi connectivity index (χ3v) is 5.49. The highest BCUT2D eigenvalue weighted by molar-refractivity contribution is 6.69. The predicted molar refractivity (Wildman–Crippen MR) is 148 cm³/mol. The molecule has 0 aromatic rings. The minimum atomic E-state index is -1.44. The van der Waals surface area contributed by atoms with Crippen molar-refractivity contribution in [3.8, 4) is 0 Å². The second-order valence-electron chi connectivity index (χ2n) is 9.39. The molecule has 0 aliphatic rings. The number of ether oxygens (including phenoxy) is 10. The van der Waals surface area contributed by atoms with Crippen LogP contribution in [0.4, 0.5) is 0 Å². The molecule has 12 heteroatoms. The Balaban J connectivity index is 3.05. The molecule has 0 N–H and O–H groups in total. The van der Waals surface area contributed by atoms with Crippen LogP contribution in [0.15, 0.2) is 0 Å². The van der Waals surface area contributed by atoms with Gasteiger partial charge in [-0.3, -0.25) is 0 Å². The van der Waals surface area contributed by atoms with Crippen LogP contribution >= 0.6 is 0 Å². The Hall–Kier alpha value is -0.223. The number of hydrogen-bond acceptors (Lipinski definition) is 11. The van der Waals surface area contributed by atoms with E-state index in [0.29, 0.717) is 132 Å². The zero-order chi connectivity index (χ0) is 28.0. The van der Waals surface area contributed by atoms with Crippen LogP contribution < -0.4 is 0 Å². The van der Waals surface area contributed by atoms with Crippen LogP contribution in [-0.2, 0) is 51.8 Å². The summed E-state index contributed by atoms with van der Waals surface area (Å²) in [5, 5.41) is 0. The summed E-state index contributed by atoms with van der Waals surface area (Å²) in [6, 6.07) is 0. The molecule has 0 heterocycles. The average molecular weight is 573 g/mol. The second-order valence-corrected chi connectivity index (χ2v) is 13.9. The standard InChI is InChI=1S/C26H56O11Si/c1-26(2)36-24-22-34-20-18-32-16-14-30-12-10-28-8-6-27-7-9-29-11-13-31-15-17-33-19-21-35-23-25-37-38(3,4)5/h26H,6-25H2,1-5H3. The van der Waals surface area contributed by atoms with Crippen molar-refractivity contribution in [2.75, 3.05) is 132 Å². The number of hydrogen-bond donors (Lipinski definition) is 0.